The Balaban J connectivity index is 0.00000392. The molecular weight excluding hydrogens is 467 g/mol. The molecule has 0 bridgehead atoms. The normalized spacial score (nSPS) is 16.7. The van der Waals surface area contributed by atoms with Gasteiger partial charge in [0.1, 0.15) is 5.75 Å². The number of likely N-dealkylation sites (N-methyl/N-ethyl adjacent to an activating group) is 1. The van der Waals surface area contributed by atoms with Crippen LogP contribution in [0.5, 0.6) is 5.75 Å². The van der Waals surface area contributed by atoms with Crippen LogP contribution < -0.4 is 10.1 Å². The lowest BCUT2D eigenvalue weighted by Crippen LogP contribution is -2.44. The average molecular weight is 502 g/mol. The zero-order chi connectivity index (χ0) is 19.8. The molecular formula is C21H35IN4O2. The Hall–Kier alpha value is -1.51. The lowest BCUT2D eigenvalue weighted by molar-refractivity contribution is -0.127. The Kier molecular flexibility index (Phi) is 10.6. The quantitative estimate of drug-likeness (QED) is 0.354. The van der Waals surface area contributed by atoms with Gasteiger partial charge in [0.15, 0.2) is 5.96 Å². The Morgan fingerprint density at radius 3 is 2.57 bits per heavy atom. The van der Waals surface area contributed by atoms with Crippen molar-refractivity contribution < 1.29 is 9.53 Å². The largest absolute Gasteiger partial charge is 0.497 e. The van der Waals surface area contributed by atoms with Gasteiger partial charge in [0.05, 0.1) is 20.2 Å². The molecule has 0 saturated carbocycles. The molecule has 1 aromatic rings. The number of carbonyl (C=O) groups excluding carboxylic acids is 1. The highest BCUT2D eigenvalue weighted by atomic mass is 127. The van der Waals surface area contributed by atoms with Crippen LogP contribution in [0, 0.1) is 11.8 Å². The third-order valence-electron chi connectivity index (χ3n) is 4.86. The highest BCUT2D eigenvalue weighted by Crippen LogP contribution is 2.23. The van der Waals surface area contributed by atoms with Crippen molar-refractivity contribution in [2.45, 2.75) is 33.2 Å². The number of likely N-dealkylation sites (tertiary alicyclic amines) is 1. The van der Waals surface area contributed by atoms with Crippen LogP contribution in [0.1, 0.15) is 32.3 Å². The molecule has 2 rings (SSSR count). The summed E-state index contributed by atoms with van der Waals surface area (Å²) in [5, 5.41) is 3.27. The molecule has 1 atom stereocenters. The fourth-order valence-electron chi connectivity index (χ4n) is 3.36. The predicted octanol–water partition coefficient (Wildman–Crippen LogP) is 3.22. The Morgan fingerprint density at radius 2 is 2.00 bits per heavy atom. The van der Waals surface area contributed by atoms with Crippen molar-refractivity contribution in [1.82, 2.24) is 15.1 Å². The third kappa shape index (κ3) is 7.85. The molecule has 1 aliphatic rings. The number of halogens is 1. The molecule has 1 heterocycles. The maximum Gasteiger partial charge on any atom is 0.241 e. The number of carbonyl (C=O) groups is 1. The first kappa shape index (κ1) is 24.5. The van der Waals surface area contributed by atoms with Gasteiger partial charge < -0.3 is 19.9 Å². The molecule has 0 aromatic heterocycles. The summed E-state index contributed by atoms with van der Waals surface area (Å²) in [6.45, 7) is 7.38. The number of hydrogen-bond acceptors (Lipinski definition) is 3. The van der Waals surface area contributed by atoms with Crippen molar-refractivity contribution in [3.8, 4) is 5.75 Å². The van der Waals surface area contributed by atoms with E-state index in [1.165, 1.54) is 12.8 Å². The number of guanidine groups is 1. The van der Waals surface area contributed by atoms with Crippen molar-refractivity contribution in [3.05, 3.63) is 29.8 Å². The third-order valence-corrected chi connectivity index (χ3v) is 4.86. The van der Waals surface area contributed by atoms with E-state index in [9.17, 15) is 4.79 Å². The number of nitrogens with zero attached hydrogens (tertiary/aromatic N) is 3. The molecule has 0 aliphatic carbocycles. The maximum absolute atomic E-state index is 12.0. The number of hydrogen-bond donors (Lipinski definition) is 1. The highest BCUT2D eigenvalue weighted by Gasteiger charge is 2.25. The molecule has 0 spiro atoms. The van der Waals surface area contributed by atoms with Crippen LogP contribution in [0.25, 0.3) is 0 Å². The van der Waals surface area contributed by atoms with Gasteiger partial charge in [0.2, 0.25) is 5.91 Å². The summed E-state index contributed by atoms with van der Waals surface area (Å²) in [7, 11) is 5.21. The van der Waals surface area contributed by atoms with Gasteiger partial charge in [-0.3, -0.25) is 4.79 Å². The number of rotatable bonds is 7. The minimum Gasteiger partial charge on any atom is -0.497 e. The summed E-state index contributed by atoms with van der Waals surface area (Å²) in [4.78, 5) is 20.7. The summed E-state index contributed by atoms with van der Waals surface area (Å²) in [6, 6.07) is 7.94. The van der Waals surface area contributed by atoms with Gasteiger partial charge in [0.25, 0.3) is 0 Å². The number of methoxy groups -OCH3 is 1. The Morgan fingerprint density at radius 1 is 1.32 bits per heavy atom. The van der Waals surface area contributed by atoms with Crippen molar-refractivity contribution >= 4 is 35.8 Å². The first-order chi connectivity index (χ1) is 12.9. The van der Waals surface area contributed by atoms with Gasteiger partial charge in [0, 0.05) is 27.2 Å². The van der Waals surface area contributed by atoms with E-state index < -0.39 is 0 Å². The van der Waals surface area contributed by atoms with Crippen LogP contribution in [-0.4, -0.2) is 62.5 Å². The molecule has 158 valence electrons. The van der Waals surface area contributed by atoms with Crippen LogP contribution in [0.3, 0.4) is 0 Å². The Labute approximate surface area is 186 Å². The van der Waals surface area contributed by atoms with E-state index in [-0.39, 0.29) is 36.4 Å². The number of nitrogens with one attached hydrogen (secondary N) is 1. The fraction of sp³-hybridized carbons (Fsp3) is 0.619. The van der Waals surface area contributed by atoms with E-state index in [2.05, 4.69) is 24.1 Å². The molecule has 0 radical (unpaired) electrons. The topological polar surface area (TPSA) is 57.2 Å². The number of amides is 1. The van der Waals surface area contributed by atoms with Gasteiger partial charge in [-0.15, -0.1) is 24.0 Å². The molecule has 28 heavy (non-hydrogen) atoms. The predicted molar refractivity (Wildman–Crippen MR) is 125 cm³/mol. The van der Waals surface area contributed by atoms with Gasteiger partial charge in [-0.05, 0) is 42.4 Å². The standard InChI is InChI=1S/C21H34N4O2.HI/c1-16(2)12-18-10-11-25(15-18)21(23-14-20(26)24(3)4)22-13-17-6-8-19(27-5)9-7-17;/h6-9,16,18H,10-15H2,1-5H3,(H,22,23);1H. The molecule has 1 saturated heterocycles. The summed E-state index contributed by atoms with van der Waals surface area (Å²) >= 11 is 0. The van der Waals surface area contributed by atoms with Crippen molar-refractivity contribution in [2.75, 3.05) is 40.8 Å². The van der Waals surface area contributed by atoms with E-state index in [1.807, 2.05) is 24.3 Å². The smallest absolute Gasteiger partial charge is 0.241 e. The second-order valence-corrected chi connectivity index (χ2v) is 7.86. The lowest BCUT2D eigenvalue weighted by Gasteiger charge is -2.23. The molecule has 7 heteroatoms. The van der Waals surface area contributed by atoms with Gasteiger partial charge in [-0.2, -0.15) is 0 Å². The van der Waals surface area contributed by atoms with Gasteiger partial charge >= 0.3 is 0 Å². The Bertz CT molecular complexity index is 632. The monoisotopic (exact) mass is 502 g/mol. The van der Waals surface area contributed by atoms with Crippen molar-refractivity contribution in [2.24, 2.45) is 16.8 Å². The zero-order valence-electron chi connectivity index (χ0n) is 17.8. The molecule has 1 aliphatic heterocycles. The van der Waals surface area contributed by atoms with Crippen LogP contribution in [0.15, 0.2) is 29.3 Å². The maximum atomic E-state index is 12.0. The van der Waals surface area contributed by atoms with E-state index in [0.717, 1.165) is 30.4 Å². The molecule has 1 N–H and O–H groups in total. The van der Waals surface area contributed by atoms with Gasteiger partial charge in [-0.1, -0.05) is 26.0 Å². The molecule has 1 fully saturated rings. The second-order valence-electron chi connectivity index (χ2n) is 7.86. The van der Waals surface area contributed by atoms with E-state index in [0.29, 0.717) is 18.4 Å². The van der Waals surface area contributed by atoms with Crippen LogP contribution in [0.2, 0.25) is 0 Å². The zero-order valence-corrected chi connectivity index (χ0v) is 20.1. The number of ether oxygens (including phenoxy) is 1. The average Bonchev–Trinajstić information content (AvgIpc) is 3.09. The summed E-state index contributed by atoms with van der Waals surface area (Å²) in [5.41, 5.74) is 1.12. The summed E-state index contributed by atoms with van der Waals surface area (Å²) < 4.78 is 5.21. The van der Waals surface area contributed by atoms with Crippen LogP contribution in [0.4, 0.5) is 0 Å². The SMILES string of the molecule is COc1ccc(CN=C(NCC(=O)N(C)C)N2CCC(CC(C)C)C2)cc1.I. The van der Waals surface area contributed by atoms with Crippen LogP contribution in [-0.2, 0) is 11.3 Å². The minimum absolute atomic E-state index is 0. The molecule has 1 unspecified atom stereocenters. The molecule has 6 nitrogen and oxygen atoms in total. The molecule has 1 aromatic carbocycles. The second kappa shape index (κ2) is 12.1. The number of benzene rings is 1. The lowest BCUT2D eigenvalue weighted by atomic mass is 9.97. The van der Waals surface area contributed by atoms with Gasteiger partial charge in [-0.25, -0.2) is 4.99 Å². The van der Waals surface area contributed by atoms with E-state index in [1.54, 1.807) is 26.1 Å². The first-order valence-corrected chi connectivity index (χ1v) is 9.75. The minimum atomic E-state index is 0. The first-order valence-electron chi connectivity index (χ1n) is 9.75. The fourth-order valence-corrected chi connectivity index (χ4v) is 3.36. The highest BCUT2D eigenvalue weighted by molar-refractivity contribution is 14.0. The summed E-state index contributed by atoms with van der Waals surface area (Å²) in [6.07, 6.45) is 2.42. The van der Waals surface area contributed by atoms with Crippen molar-refractivity contribution in [3.63, 3.8) is 0 Å². The van der Waals surface area contributed by atoms with E-state index in [4.69, 9.17) is 9.73 Å². The van der Waals surface area contributed by atoms with Crippen LogP contribution >= 0.6 is 24.0 Å². The molecule has 1 amide bonds. The van der Waals surface area contributed by atoms with Crippen molar-refractivity contribution in [1.29, 1.82) is 0 Å². The summed E-state index contributed by atoms with van der Waals surface area (Å²) in [5.74, 6) is 3.12. The number of aliphatic imine (C=N–C) groups is 1. The van der Waals surface area contributed by atoms with E-state index >= 15 is 0 Å².